The van der Waals surface area contributed by atoms with Crippen molar-refractivity contribution in [2.45, 2.75) is 43.9 Å². The first-order valence-corrected chi connectivity index (χ1v) is 24.4. The number of nitrogens with zero attached hydrogens (tertiary/aromatic N) is 2. The zero-order valence-electron chi connectivity index (χ0n) is 39.3. The number of para-hydroxylation sites is 2. The lowest BCUT2D eigenvalue weighted by Gasteiger charge is -2.37. The molecule has 0 aliphatic heterocycles. The molecule has 0 unspecified atom stereocenters. The molecule has 14 rings (SSSR count). The Morgan fingerprint density at radius 2 is 0.826 bits per heavy atom. The summed E-state index contributed by atoms with van der Waals surface area (Å²) in [5.41, 5.74) is 24.3. The molecule has 0 N–H and O–H groups in total. The number of fused-ring (bicyclic) bond motifs is 12. The van der Waals surface area contributed by atoms with E-state index in [1.54, 1.807) is 0 Å². The van der Waals surface area contributed by atoms with Gasteiger partial charge in [0.2, 0.25) is 0 Å². The third-order valence-electron chi connectivity index (χ3n) is 16.2. The van der Waals surface area contributed by atoms with Crippen LogP contribution in [0.4, 0.5) is 17.1 Å². The molecule has 0 radical (unpaired) electrons. The van der Waals surface area contributed by atoms with E-state index in [2.05, 4.69) is 268 Å². The lowest BCUT2D eigenvalue weighted by atomic mass is 9.66. The second-order valence-electron chi connectivity index (χ2n) is 20.4. The fourth-order valence-corrected chi connectivity index (χ4v) is 13.1. The highest BCUT2D eigenvalue weighted by molar-refractivity contribution is 6.11. The minimum absolute atomic E-state index is 0.187. The number of benzene rings is 10. The van der Waals surface area contributed by atoms with E-state index in [0.717, 1.165) is 17.1 Å². The third-order valence-corrected chi connectivity index (χ3v) is 16.2. The summed E-state index contributed by atoms with van der Waals surface area (Å²) in [6.07, 6.45) is 0. The molecule has 0 bridgehead atoms. The summed E-state index contributed by atoms with van der Waals surface area (Å²) < 4.78 is 2.42. The van der Waals surface area contributed by atoms with Gasteiger partial charge in [-0.25, -0.2) is 0 Å². The molecule has 1 aromatic heterocycles. The van der Waals surface area contributed by atoms with Gasteiger partial charge < -0.3 is 9.47 Å². The van der Waals surface area contributed by atoms with E-state index < -0.39 is 5.41 Å². The van der Waals surface area contributed by atoms with Crippen LogP contribution >= 0.6 is 0 Å². The van der Waals surface area contributed by atoms with Gasteiger partial charge in [-0.05, 0) is 127 Å². The Bertz CT molecular complexity index is 3860. The largest absolute Gasteiger partial charge is 0.310 e. The molecule has 1 heterocycles. The summed E-state index contributed by atoms with van der Waals surface area (Å²) in [7, 11) is 0. The van der Waals surface area contributed by atoms with Crippen molar-refractivity contribution in [3.8, 4) is 39.1 Å². The first-order valence-electron chi connectivity index (χ1n) is 24.4. The van der Waals surface area contributed by atoms with Crippen LogP contribution in [0.25, 0.3) is 60.9 Å². The number of anilines is 3. The van der Waals surface area contributed by atoms with Crippen LogP contribution in [0.2, 0.25) is 0 Å². The SMILES string of the molecule is CC1(C)c2ccccc2-c2ccc(N(c3ccc4c(c3)c3ccccc3n4-c3ccccc3)c3cc(C4(c5ccccc5)c5ccccc5-c5ccccc54)cc4c3-c3ccccc3C4(C)C)cc21. The molecule has 0 amide bonds. The van der Waals surface area contributed by atoms with Crippen LogP contribution in [0.15, 0.2) is 231 Å². The van der Waals surface area contributed by atoms with Crippen LogP contribution in [0.3, 0.4) is 0 Å². The van der Waals surface area contributed by atoms with Crippen LogP contribution in [0, 0.1) is 0 Å². The van der Waals surface area contributed by atoms with E-state index >= 15 is 0 Å². The van der Waals surface area contributed by atoms with Crippen molar-refractivity contribution < 1.29 is 0 Å². The van der Waals surface area contributed by atoms with Crippen LogP contribution in [-0.4, -0.2) is 4.57 Å². The maximum Gasteiger partial charge on any atom is 0.0714 e. The minimum atomic E-state index is -0.594. The molecule has 11 aromatic rings. The Kier molecular flexibility index (Phi) is 8.33. The van der Waals surface area contributed by atoms with Crippen LogP contribution in [-0.2, 0) is 16.2 Å². The van der Waals surface area contributed by atoms with Crippen molar-refractivity contribution in [1.29, 1.82) is 0 Å². The number of rotatable bonds is 6. The zero-order valence-corrected chi connectivity index (χ0v) is 39.3. The highest BCUT2D eigenvalue weighted by Crippen LogP contribution is 2.61. The highest BCUT2D eigenvalue weighted by Gasteiger charge is 2.48. The zero-order chi connectivity index (χ0) is 46.2. The molecule has 0 saturated heterocycles. The van der Waals surface area contributed by atoms with Gasteiger partial charge in [-0.3, -0.25) is 0 Å². The number of hydrogen-bond donors (Lipinski definition) is 0. The standard InChI is InChI=1S/C67H50N2/c1-65(2)55-30-16-11-25-48(55)51-37-35-47(42-59(51)65)68(46-36-38-62-54(41-46)52-28-15-20-34-61(52)69(62)45-23-9-6-10-24-45)63-40-44(39-60-64(63)53-29-14-17-31-56(53)66(60,3)4)67(43-21-7-5-8-22-43)57-32-18-12-26-49(57)50-27-13-19-33-58(50)67/h5-42H,1-4H3. The van der Waals surface area contributed by atoms with Gasteiger partial charge in [0.1, 0.15) is 0 Å². The van der Waals surface area contributed by atoms with Crippen LogP contribution in [0.1, 0.15) is 72.2 Å². The van der Waals surface area contributed by atoms with E-state index in [0.29, 0.717) is 0 Å². The summed E-state index contributed by atoms with van der Waals surface area (Å²) >= 11 is 0. The molecule has 10 aromatic carbocycles. The second kappa shape index (κ2) is 14.4. The molecular formula is C67H50N2. The summed E-state index contributed by atoms with van der Waals surface area (Å²) in [5, 5.41) is 2.45. The van der Waals surface area contributed by atoms with Crippen molar-refractivity contribution in [3.63, 3.8) is 0 Å². The first-order chi connectivity index (χ1) is 33.8. The summed E-state index contributed by atoms with van der Waals surface area (Å²) in [4.78, 5) is 2.61. The lowest BCUT2D eigenvalue weighted by Crippen LogP contribution is -2.30. The summed E-state index contributed by atoms with van der Waals surface area (Å²) in [5.74, 6) is 0. The minimum Gasteiger partial charge on any atom is -0.310 e. The van der Waals surface area contributed by atoms with Crippen molar-refractivity contribution >= 4 is 38.9 Å². The van der Waals surface area contributed by atoms with Crippen molar-refractivity contribution in [2.75, 3.05) is 4.90 Å². The van der Waals surface area contributed by atoms with Gasteiger partial charge >= 0.3 is 0 Å². The predicted molar refractivity (Wildman–Crippen MR) is 288 cm³/mol. The van der Waals surface area contributed by atoms with Crippen molar-refractivity contribution in [3.05, 3.63) is 275 Å². The average molecular weight is 883 g/mol. The Morgan fingerprint density at radius 3 is 1.52 bits per heavy atom. The molecule has 2 nitrogen and oxygen atoms in total. The molecule has 0 saturated carbocycles. The van der Waals surface area contributed by atoms with Gasteiger partial charge in [0.05, 0.1) is 22.1 Å². The number of aromatic nitrogens is 1. The molecule has 69 heavy (non-hydrogen) atoms. The first kappa shape index (κ1) is 39.9. The molecule has 0 spiro atoms. The number of hydrogen-bond acceptors (Lipinski definition) is 1. The highest BCUT2D eigenvalue weighted by atomic mass is 15.1. The normalized spacial score (nSPS) is 15.0. The molecule has 3 aliphatic carbocycles. The summed E-state index contributed by atoms with van der Waals surface area (Å²) in [6, 6.07) is 87.0. The van der Waals surface area contributed by atoms with Gasteiger partial charge in [-0.15, -0.1) is 0 Å². The van der Waals surface area contributed by atoms with E-state index in [9.17, 15) is 0 Å². The van der Waals surface area contributed by atoms with E-state index in [1.807, 2.05) is 0 Å². The van der Waals surface area contributed by atoms with Crippen molar-refractivity contribution in [2.24, 2.45) is 0 Å². The Hall–Kier alpha value is -8.20. The lowest BCUT2D eigenvalue weighted by molar-refractivity contribution is 0.655. The molecular weight excluding hydrogens is 833 g/mol. The van der Waals surface area contributed by atoms with Gasteiger partial charge in [0, 0.05) is 44.2 Å². The van der Waals surface area contributed by atoms with Crippen molar-refractivity contribution in [1.82, 2.24) is 4.57 Å². The molecule has 328 valence electrons. The Balaban J connectivity index is 1.12. The van der Waals surface area contributed by atoms with Crippen LogP contribution in [0.5, 0.6) is 0 Å². The maximum atomic E-state index is 2.61. The molecule has 0 atom stereocenters. The Morgan fingerprint density at radius 1 is 0.333 bits per heavy atom. The van der Waals surface area contributed by atoms with E-state index in [4.69, 9.17) is 0 Å². The predicted octanol–water partition coefficient (Wildman–Crippen LogP) is 17.2. The van der Waals surface area contributed by atoms with Crippen LogP contribution < -0.4 is 4.90 Å². The second-order valence-corrected chi connectivity index (χ2v) is 20.4. The monoisotopic (exact) mass is 882 g/mol. The van der Waals surface area contributed by atoms with E-state index in [1.165, 1.54) is 105 Å². The smallest absolute Gasteiger partial charge is 0.0714 e. The topological polar surface area (TPSA) is 8.17 Å². The maximum absolute atomic E-state index is 2.61. The summed E-state index contributed by atoms with van der Waals surface area (Å²) in [6.45, 7) is 9.65. The van der Waals surface area contributed by atoms with Gasteiger partial charge in [0.15, 0.2) is 0 Å². The Labute approximate surface area is 404 Å². The molecule has 3 aliphatic rings. The quantitative estimate of drug-likeness (QED) is 0.162. The molecule has 2 heteroatoms. The third kappa shape index (κ3) is 5.37. The fourth-order valence-electron chi connectivity index (χ4n) is 13.1. The van der Waals surface area contributed by atoms with Gasteiger partial charge in [0.25, 0.3) is 0 Å². The fraction of sp³-hybridized carbons (Fsp3) is 0.104. The van der Waals surface area contributed by atoms with Gasteiger partial charge in [-0.2, -0.15) is 0 Å². The average Bonchev–Trinajstić information content (AvgIpc) is 4.04. The van der Waals surface area contributed by atoms with E-state index in [-0.39, 0.29) is 10.8 Å². The van der Waals surface area contributed by atoms with Gasteiger partial charge in [-0.1, -0.05) is 204 Å². The molecule has 0 fully saturated rings.